The van der Waals surface area contributed by atoms with Gasteiger partial charge >= 0.3 is 0 Å². The SMILES string of the molecule is Cc1cccc(-c2nnnn2[C@@H]2C[C@H]2C)c1N. The van der Waals surface area contributed by atoms with Gasteiger partial charge in [-0.15, -0.1) is 5.10 Å². The molecule has 0 aliphatic heterocycles. The van der Waals surface area contributed by atoms with Gasteiger partial charge in [0, 0.05) is 11.3 Å². The van der Waals surface area contributed by atoms with Crippen LogP contribution in [0.2, 0.25) is 0 Å². The van der Waals surface area contributed by atoms with E-state index in [-0.39, 0.29) is 0 Å². The fraction of sp³-hybridized carbons (Fsp3) is 0.417. The van der Waals surface area contributed by atoms with Crippen LogP contribution in [0.5, 0.6) is 0 Å². The van der Waals surface area contributed by atoms with Crippen LogP contribution in [0.3, 0.4) is 0 Å². The molecule has 88 valence electrons. The summed E-state index contributed by atoms with van der Waals surface area (Å²) in [4.78, 5) is 0. The average Bonchev–Trinajstić information content (AvgIpc) is 2.86. The number of anilines is 1. The molecule has 2 atom stereocenters. The van der Waals surface area contributed by atoms with E-state index in [1.165, 1.54) is 0 Å². The third-order valence-corrected chi connectivity index (χ3v) is 3.44. The minimum Gasteiger partial charge on any atom is -0.398 e. The highest BCUT2D eigenvalue weighted by Gasteiger charge is 2.37. The van der Waals surface area contributed by atoms with E-state index < -0.39 is 0 Å². The van der Waals surface area contributed by atoms with Gasteiger partial charge in [0.25, 0.3) is 0 Å². The van der Waals surface area contributed by atoms with Crippen molar-refractivity contribution in [2.24, 2.45) is 5.92 Å². The first kappa shape index (κ1) is 10.3. The molecule has 0 bridgehead atoms. The maximum atomic E-state index is 6.09. The van der Waals surface area contributed by atoms with Gasteiger partial charge in [-0.2, -0.15) is 0 Å². The average molecular weight is 229 g/mol. The summed E-state index contributed by atoms with van der Waals surface area (Å²) in [5.41, 5.74) is 8.83. The maximum absolute atomic E-state index is 6.09. The van der Waals surface area contributed by atoms with Gasteiger partial charge in [0.1, 0.15) is 0 Å². The Labute approximate surface area is 99.6 Å². The molecule has 0 saturated heterocycles. The minimum atomic E-state index is 0.430. The number of aryl methyl sites for hydroxylation is 1. The van der Waals surface area contributed by atoms with Crippen LogP contribution >= 0.6 is 0 Å². The molecule has 1 aliphatic rings. The van der Waals surface area contributed by atoms with E-state index in [4.69, 9.17) is 5.73 Å². The molecule has 0 unspecified atom stereocenters. The zero-order chi connectivity index (χ0) is 12.0. The van der Waals surface area contributed by atoms with E-state index in [1.54, 1.807) is 0 Å². The second-order valence-corrected chi connectivity index (χ2v) is 4.76. The lowest BCUT2D eigenvalue weighted by Crippen LogP contribution is -2.03. The van der Waals surface area contributed by atoms with Gasteiger partial charge in [0.2, 0.25) is 0 Å². The van der Waals surface area contributed by atoms with E-state index in [0.29, 0.717) is 12.0 Å². The highest BCUT2D eigenvalue weighted by Crippen LogP contribution is 2.44. The van der Waals surface area contributed by atoms with Crippen LogP contribution in [0.4, 0.5) is 5.69 Å². The van der Waals surface area contributed by atoms with Crippen LogP contribution < -0.4 is 5.73 Å². The Morgan fingerprint density at radius 2 is 2.18 bits per heavy atom. The van der Waals surface area contributed by atoms with E-state index in [0.717, 1.165) is 29.1 Å². The standard InChI is InChI=1S/C12H15N5/c1-7-4-3-5-9(11(7)13)12-14-15-16-17(12)10-6-8(10)2/h3-5,8,10H,6,13H2,1-2H3/t8-,10-/m1/s1. The van der Waals surface area contributed by atoms with Crippen molar-refractivity contribution in [3.8, 4) is 11.4 Å². The van der Waals surface area contributed by atoms with Crippen molar-refractivity contribution in [2.45, 2.75) is 26.3 Å². The van der Waals surface area contributed by atoms with Crippen LogP contribution in [0.15, 0.2) is 18.2 Å². The maximum Gasteiger partial charge on any atom is 0.184 e. The monoisotopic (exact) mass is 229 g/mol. The third kappa shape index (κ3) is 1.58. The van der Waals surface area contributed by atoms with E-state index in [1.807, 2.05) is 29.8 Å². The Balaban J connectivity index is 2.10. The third-order valence-electron chi connectivity index (χ3n) is 3.44. The Hall–Kier alpha value is -1.91. The molecular weight excluding hydrogens is 214 g/mol. The molecular formula is C12H15N5. The van der Waals surface area contributed by atoms with Gasteiger partial charge in [-0.05, 0) is 41.3 Å². The summed E-state index contributed by atoms with van der Waals surface area (Å²) >= 11 is 0. The van der Waals surface area contributed by atoms with Gasteiger partial charge in [0.15, 0.2) is 5.82 Å². The molecule has 1 heterocycles. The number of rotatable bonds is 2. The molecule has 0 spiro atoms. The van der Waals surface area contributed by atoms with Crippen LogP contribution in [0, 0.1) is 12.8 Å². The molecule has 2 aromatic rings. The summed E-state index contributed by atoms with van der Waals surface area (Å²) in [7, 11) is 0. The number of para-hydroxylation sites is 1. The highest BCUT2D eigenvalue weighted by atomic mass is 15.6. The zero-order valence-corrected chi connectivity index (χ0v) is 9.96. The number of hydrogen-bond donors (Lipinski definition) is 1. The lowest BCUT2D eigenvalue weighted by atomic mass is 10.1. The first-order valence-corrected chi connectivity index (χ1v) is 5.82. The van der Waals surface area contributed by atoms with Crippen molar-refractivity contribution < 1.29 is 0 Å². The summed E-state index contributed by atoms with van der Waals surface area (Å²) in [6.45, 7) is 4.20. The Morgan fingerprint density at radius 3 is 2.88 bits per heavy atom. The van der Waals surface area contributed by atoms with Crippen molar-refractivity contribution >= 4 is 5.69 Å². The molecule has 2 N–H and O–H groups in total. The Bertz CT molecular complexity index is 560. The predicted molar refractivity (Wildman–Crippen MR) is 65.2 cm³/mol. The minimum absolute atomic E-state index is 0.430. The molecule has 1 fully saturated rings. The molecule has 1 saturated carbocycles. The zero-order valence-electron chi connectivity index (χ0n) is 9.96. The van der Waals surface area contributed by atoms with Crippen LogP contribution in [-0.2, 0) is 0 Å². The van der Waals surface area contributed by atoms with E-state index in [2.05, 4.69) is 22.4 Å². The summed E-state index contributed by atoms with van der Waals surface area (Å²) in [6.07, 6.45) is 1.14. The number of nitrogen functional groups attached to an aromatic ring is 1. The van der Waals surface area contributed by atoms with Gasteiger partial charge < -0.3 is 5.73 Å². The van der Waals surface area contributed by atoms with Crippen molar-refractivity contribution in [1.82, 2.24) is 20.2 Å². The summed E-state index contributed by atoms with van der Waals surface area (Å²) in [5.74, 6) is 1.43. The summed E-state index contributed by atoms with van der Waals surface area (Å²) in [5, 5.41) is 12.0. The Morgan fingerprint density at radius 1 is 1.41 bits per heavy atom. The molecule has 5 nitrogen and oxygen atoms in total. The van der Waals surface area contributed by atoms with E-state index >= 15 is 0 Å². The number of aromatic nitrogens is 4. The largest absolute Gasteiger partial charge is 0.398 e. The second-order valence-electron chi connectivity index (χ2n) is 4.76. The number of hydrogen-bond acceptors (Lipinski definition) is 4. The molecule has 0 radical (unpaired) electrons. The summed E-state index contributed by atoms with van der Waals surface area (Å²) < 4.78 is 1.90. The highest BCUT2D eigenvalue weighted by molar-refractivity contribution is 5.74. The van der Waals surface area contributed by atoms with Crippen molar-refractivity contribution in [3.05, 3.63) is 23.8 Å². The van der Waals surface area contributed by atoms with E-state index in [9.17, 15) is 0 Å². The second kappa shape index (κ2) is 3.55. The molecule has 5 heteroatoms. The van der Waals surface area contributed by atoms with Gasteiger partial charge in [-0.3, -0.25) is 0 Å². The summed E-state index contributed by atoms with van der Waals surface area (Å²) in [6, 6.07) is 6.38. The van der Waals surface area contributed by atoms with Gasteiger partial charge in [-0.25, -0.2) is 4.68 Å². The van der Waals surface area contributed by atoms with Crippen LogP contribution in [-0.4, -0.2) is 20.2 Å². The number of nitrogens with zero attached hydrogens (tertiary/aromatic N) is 4. The fourth-order valence-corrected chi connectivity index (χ4v) is 2.11. The quantitative estimate of drug-likeness (QED) is 0.797. The van der Waals surface area contributed by atoms with Gasteiger partial charge in [0.05, 0.1) is 6.04 Å². The van der Waals surface area contributed by atoms with Crippen molar-refractivity contribution in [2.75, 3.05) is 5.73 Å². The molecule has 1 aliphatic carbocycles. The topological polar surface area (TPSA) is 69.6 Å². The number of nitrogens with two attached hydrogens (primary N) is 1. The first-order valence-electron chi connectivity index (χ1n) is 5.82. The lowest BCUT2D eigenvalue weighted by Gasteiger charge is -2.08. The number of benzene rings is 1. The smallest absolute Gasteiger partial charge is 0.184 e. The van der Waals surface area contributed by atoms with Crippen molar-refractivity contribution in [1.29, 1.82) is 0 Å². The predicted octanol–water partition coefficient (Wildman–Crippen LogP) is 1.81. The molecule has 0 amide bonds. The molecule has 3 rings (SSSR count). The lowest BCUT2D eigenvalue weighted by molar-refractivity contribution is 0.584. The molecule has 1 aromatic carbocycles. The van der Waals surface area contributed by atoms with Crippen LogP contribution in [0.1, 0.15) is 24.9 Å². The van der Waals surface area contributed by atoms with Crippen LogP contribution in [0.25, 0.3) is 11.4 Å². The van der Waals surface area contributed by atoms with Gasteiger partial charge in [-0.1, -0.05) is 19.1 Å². The normalized spacial score (nSPS) is 22.7. The molecule has 1 aromatic heterocycles. The molecule has 17 heavy (non-hydrogen) atoms. The number of tetrazole rings is 1. The van der Waals surface area contributed by atoms with Crippen molar-refractivity contribution in [3.63, 3.8) is 0 Å². The first-order chi connectivity index (χ1) is 8.18. The fourth-order valence-electron chi connectivity index (χ4n) is 2.11. The Kier molecular flexibility index (Phi) is 2.14.